The summed E-state index contributed by atoms with van der Waals surface area (Å²) in [5.74, 6) is 0.0824. The average molecular weight is 280 g/mol. The van der Waals surface area contributed by atoms with E-state index in [9.17, 15) is 4.79 Å². The second-order valence-electron chi connectivity index (χ2n) is 5.38. The maximum Gasteiger partial charge on any atom is 0.257 e. The van der Waals surface area contributed by atoms with Gasteiger partial charge in [-0.2, -0.15) is 5.10 Å². The Morgan fingerprint density at radius 2 is 2.00 bits per heavy atom. The largest absolute Gasteiger partial charge is 0.395 e. The van der Waals surface area contributed by atoms with Crippen LogP contribution < -0.4 is 0 Å². The van der Waals surface area contributed by atoms with Crippen molar-refractivity contribution in [3.63, 3.8) is 0 Å². The van der Waals surface area contributed by atoms with Crippen LogP contribution in [-0.4, -0.2) is 69.9 Å². The summed E-state index contributed by atoms with van der Waals surface area (Å²) in [4.78, 5) is 16.8. The minimum absolute atomic E-state index is 0.0824. The third-order valence-corrected chi connectivity index (χ3v) is 4.01. The van der Waals surface area contributed by atoms with Gasteiger partial charge < -0.3 is 10.0 Å². The molecule has 6 heteroatoms. The lowest BCUT2D eigenvalue weighted by atomic mass is 10.1. The van der Waals surface area contributed by atoms with Crippen LogP contribution in [0.1, 0.15) is 28.2 Å². The first-order valence-corrected chi connectivity index (χ1v) is 7.17. The first kappa shape index (κ1) is 15.0. The van der Waals surface area contributed by atoms with Crippen LogP contribution in [0.4, 0.5) is 0 Å². The van der Waals surface area contributed by atoms with Crippen molar-refractivity contribution >= 4 is 5.91 Å². The average Bonchev–Trinajstić information content (AvgIpc) is 2.59. The molecule has 0 bridgehead atoms. The zero-order chi connectivity index (χ0) is 14.7. The number of nitrogens with zero attached hydrogens (tertiary/aromatic N) is 4. The summed E-state index contributed by atoms with van der Waals surface area (Å²) in [5.41, 5.74) is 2.46. The Morgan fingerprint density at radius 3 is 2.60 bits per heavy atom. The molecule has 1 aromatic heterocycles. The number of hydrogen-bond acceptors (Lipinski definition) is 4. The van der Waals surface area contributed by atoms with Crippen LogP contribution in [0.25, 0.3) is 0 Å². The van der Waals surface area contributed by atoms with Gasteiger partial charge in [-0.25, -0.2) is 0 Å². The van der Waals surface area contributed by atoms with Gasteiger partial charge in [0.1, 0.15) is 0 Å². The third kappa shape index (κ3) is 3.02. The van der Waals surface area contributed by atoms with Crippen LogP contribution in [0, 0.1) is 13.8 Å². The number of aromatic nitrogens is 2. The summed E-state index contributed by atoms with van der Waals surface area (Å²) in [5, 5.41) is 13.3. The number of amides is 1. The van der Waals surface area contributed by atoms with Crippen molar-refractivity contribution in [2.24, 2.45) is 7.05 Å². The summed E-state index contributed by atoms with van der Waals surface area (Å²) in [6, 6.07) is 0. The van der Waals surface area contributed by atoms with E-state index in [0.29, 0.717) is 13.1 Å². The van der Waals surface area contributed by atoms with Crippen molar-refractivity contribution in [1.82, 2.24) is 19.6 Å². The molecule has 2 rings (SSSR count). The molecule has 112 valence electrons. The Labute approximate surface area is 120 Å². The molecule has 1 aliphatic rings. The summed E-state index contributed by atoms with van der Waals surface area (Å²) in [6.07, 6.45) is 0.949. The van der Waals surface area contributed by atoms with Crippen molar-refractivity contribution in [3.8, 4) is 0 Å². The number of carbonyl (C=O) groups excluding carboxylic acids is 1. The second kappa shape index (κ2) is 6.37. The van der Waals surface area contributed by atoms with Gasteiger partial charge in [0.15, 0.2) is 0 Å². The second-order valence-corrected chi connectivity index (χ2v) is 5.38. The Hall–Kier alpha value is -1.40. The fourth-order valence-electron chi connectivity index (χ4n) is 2.78. The number of rotatable bonds is 3. The predicted octanol–water partition coefficient (Wildman–Crippen LogP) is 0.177. The van der Waals surface area contributed by atoms with Gasteiger partial charge in [-0.15, -0.1) is 0 Å². The Kier molecular flexibility index (Phi) is 4.77. The number of β-amino-alcohol motifs (C(OH)–C–C–N with tert-alkyl or cyclic N) is 1. The molecule has 2 heterocycles. The monoisotopic (exact) mass is 280 g/mol. The molecule has 20 heavy (non-hydrogen) atoms. The van der Waals surface area contributed by atoms with Gasteiger partial charge in [0.05, 0.1) is 17.9 Å². The van der Waals surface area contributed by atoms with Gasteiger partial charge in [-0.3, -0.25) is 14.4 Å². The Bertz CT molecular complexity index is 484. The highest BCUT2D eigenvalue weighted by molar-refractivity contribution is 5.96. The zero-order valence-corrected chi connectivity index (χ0v) is 12.6. The van der Waals surface area contributed by atoms with E-state index in [-0.39, 0.29) is 12.5 Å². The molecular weight excluding hydrogens is 256 g/mol. The van der Waals surface area contributed by atoms with Gasteiger partial charge in [0.25, 0.3) is 5.91 Å². The van der Waals surface area contributed by atoms with E-state index in [0.717, 1.165) is 43.0 Å². The molecule has 1 amide bonds. The van der Waals surface area contributed by atoms with Crippen LogP contribution in [-0.2, 0) is 7.05 Å². The number of carbonyl (C=O) groups is 1. The van der Waals surface area contributed by atoms with Crippen molar-refractivity contribution in [2.75, 3.05) is 39.3 Å². The molecule has 1 saturated heterocycles. The number of hydrogen-bond donors (Lipinski definition) is 1. The highest BCUT2D eigenvalue weighted by Crippen LogP contribution is 2.16. The smallest absolute Gasteiger partial charge is 0.257 e. The molecule has 0 aromatic carbocycles. The van der Waals surface area contributed by atoms with Crippen molar-refractivity contribution < 1.29 is 9.90 Å². The molecule has 1 aliphatic heterocycles. The standard InChI is InChI=1S/C14H24N4O2/c1-11-13(12(2)16(3)15-11)14(20)18-6-4-5-17(7-8-18)9-10-19/h19H,4-10H2,1-3H3. The lowest BCUT2D eigenvalue weighted by Crippen LogP contribution is -2.36. The maximum absolute atomic E-state index is 12.7. The molecule has 1 N–H and O–H groups in total. The zero-order valence-electron chi connectivity index (χ0n) is 12.6. The summed E-state index contributed by atoms with van der Waals surface area (Å²) in [7, 11) is 1.87. The Balaban J connectivity index is 2.09. The van der Waals surface area contributed by atoms with E-state index in [1.807, 2.05) is 25.8 Å². The molecule has 0 spiro atoms. The van der Waals surface area contributed by atoms with Gasteiger partial charge in [-0.1, -0.05) is 0 Å². The molecule has 6 nitrogen and oxygen atoms in total. The van der Waals surface area contributed by atoms with Gasteiger partial charge in [-0.05, 0) is 26.8 Å². The normalized spacial score (nSPS) is 17.3. The van der Waals surface area contributed by atoms with Gasteiger partial charge in [0.2, 0.25) is 0 Å². The van der Waals surface area contributed by atoms with Crippen molar-refractivity contribution in [3.05, 3.63) is 17.0 Å². The molecule has 0 saturated carbocycles. The van der Waals surface area contributed by atoms with Crippen LogP contribution >= 0.6 is 0 Å². The highest BCUT2D eigenvalue weighted by atomic mass is 16.3. The molecule has 1 aromatic rings. The molecule has 1 fully saturated rings. The molecular formula is C14H24N4O2. The van der Waals surface area contributed by atoms with E-state index < -0.39 is 0 Å². The minimum atomic E-state index is 0.0824. The Morgan fingerprint density at radius 1 is 1.25 bits per heavy atom. The first-order valence-electron chi connectivity index (χ1n) is 7.17. The van der Waals surface area contributed by atoms with E-state index in [4.69, 9.17) is 5.11 Å². The van der Waals surface area contributed by atoms with Gasteiger partial charge in [0, 0.05) is 38.9 Å². The van der Waals surface area contributed by atoms with E-state index in [1.165, 1.54) is 0 Å². The highest BCUT2D eigenvalue weighted by Gasteiger charge is 2.24. The van der Waals surface area contributed by atoms with Gasteiger partial charge >= 0.3 is 0 Å². The van der Waals surface area contributed by atoms with Crippen molar-refractivity contribution in [2.45, 2.75) is 20.3 Å². The minimum Gasteiger partial charge on any atom is -0.395 e. The maximum atomic E-state index is 12.7. The van der Waals surface area contributed by atoms with Crippen LogP contribution in [0.5, 0.6) is 0 Å². The molecule has 0 radical (unpaired) electrons. The number of aryl methyl sites for hydroxylation is 2. The first-order chi connectivity index (χ1) is 9.54. The molecule has 0 unspecified atom stereocenters. The van der Waals surface area contributed by atoms with Crippen molar-refractivity contribution in [1.29, 1.82) is 0 Å². The summed E-state index contributed by atoms with van der Waals surface area (Å²) in [6.45, 7) is 7.93. The van der Waals surface area contributed by atoms with Crippen LogP contribution in [0.15, 0.2) is 0 Å². The van der Waals surface area contributed by atoms with E-state index in [1.54, 1.807) is 4.68 Å². The summed E-state index contributed by atoms with van der Waals surface area (Å²) >= 11 is 0. The quantitative estimate of drug-likeness (QED) is 0.858. The lowest BCUT2D eigenvalue weighted by molar-refractivity contribution is 0.0759. The van der Waals surface area contributed by atoms with Crippen LogP contribution in [0.3, 0.4) is 0 Å². The fraction of sp³-hybridized carbons (Fsp3) is 0.714. The number of aliphatic hydroxyl groups is 1. The summed E-state index contributed by atoms with van der Waals surface area (Å²) < 4.78 is 1.76. The topological polar surface area (TPSA) is 61.6 Å². The number of aliphatic hydroxyl groups excluding tert-OH is 1. The van der Waals surface area contributed by atoms with E-state index in [2.05, 4.69) is 10.00 Å². The molecule has 0 atom stereocenters. The third-order valence-electron chi connectivity index (χ3n) is 4.01. The fourth-order valence-corrected chi connectivity index (χ4v) is 2.78. The SMILES string of the molecule is Cc1nn(C)c(C)c1C(=O)N1CCCN(CCO)CC1. The lowest BCUT2D eigenvalue weighted by Gasteiger charge is -2.21. The van der Waals surface area contributed by atoms with E-state index >= 15 is 0 Å². The molecule has 0 aliphatic carbocycles. The van der Waals surface area contributed by atoms with Crippen LogP contribution in [0.2, 0.25) is 0 Å². The predicted molar refractivity (Wildman–Crippen MR) is 76.7 cm³/mol.